The molecule has 1 aliphatic rings. The van der Waals surface area contributed by atoms with E-state index in [1.54, 1.807) is 4.68 Å². The first-order chi connectivity index (χ1) is 10.3. The first-order valence-corrected chi connectivity index (χ1v) is 8.29. The number of aryl methyl sites for hydroxylation is 1. The molecule has 0 N–H and O–H groups in total. The van der Waals surface area contributed by atoms with Crippen LogP contribution in [0.3, 0.4) is 0 Å². The van der Waals surface area contributed by atoms with Gasteiger partial charge in [-0.05, 0) is 17.7 Å². The predicted octanol–water partition coefficient (Wildman–Crippen LogP) is 3.08. The van der Waals surface area contributed by atoms with E-state index in [1.807, 2.05) is 18.3 Å². The predicted molar refractivity (Wildman–Crippen MR) is 83.7 cm³/mol. The maximum atomic E-state index is 6.28. The van der Waals surface area contributed by atoms with Crippen LogP contribution >= 0.6 is 27.5 Å². The molecule has 0 fully saturated rings. The monoisotopic (exact) mass is 371 g/mol. The summed E-state index contributed by atoms with van der Waals surface area (Å²) in [5.41, 5.74) is 1.98. The number of alkyl halides is 1. The maximum Gasteiger partial charge on any atom is 0.179 e. The Morgan fingerprint density at radius 2 is 2.14 bits per heavy atom. The fourth-order valence-electron chi connectivity index (χ4n) is 2.19. The zero-order valence-electron chi connectivity index (χ0n) is 11.4. The second kappa shape index (κ2) is 6.66. The minimum atomic E-state index is 0.574. The van der Waals surface area contributed by atoms with Gasteiger partial charge in [-0.25, -0.2) is 4.68 Å². The van der Waals surface area contributed by atoms with Gasteiger partial charge in [0.2, 0.25) is 0 Å². The summed E-state index contributed by atoms with van der Waals surface area (Å²) in [6.07, 6.45) is 3.67. The van der Waals surface area contributed by atoms with Crippen molar-refractivity contribution in [2.45, 2.75) is 19.4 Å². The van der Waals surface area contributed by atoms with E-state index >= 15 is 0 Å². The highest BCUT2D eigenvalue weighted by molar-refractivity contribution is 9.09. The Morgan fingerprint density at radius 1 is 1.29 bits per heavy atom. The summed E-state index contributed by atoms with van der Waals surface area (Å²) in [7, 11) is 0. The molecule has 0 saturated heterocycles. The molecule has 5 nitrogen and oxygen atoms in total. The van der Waals surface area contributed by atoms with Crippen LogP contribution < -0.4 is 9.47 Å². The van der Waals surface area contributed by atoms with Gasteiger partial charge in [-0.15, -0.1) is 5.10 Å². The van der Waals surface area contributed by atoms with Crippen molar-refractivity contribution in [1.29, 1.82) is 0 Å². The molecule has 0 bridgehead atoms. The summed E-state index contributed by atoms with van der Waals surface area (Å²) in [6, 6.07) is 3.85. The summed E-state index contributed by atoms with van der Waals surface area (Å²) in [5.74, 6) is 1.34. The highest BCUT2D eigenvalue weighted by Gasteiger charge is 2.16. The number of benzene rings is 1. The van der Waals surface area contributed by atoms with Crippen molar-refractivity contribution in [3.63, 3.8) is 0 Å². The molecule has 3 rings (SSSR count). The number of ether oxygens (including phenoxy) is 2. The fraction of sp³-hybridized carbons (Fsp3) is 0.429. The average Bonchev–Trinajstić information content (AvgIpc) is 2.74. The number of halogens is 2. The SMILES string of the molecule is Clc1cc(Cn2cc(CCBr)nn2)cc2c1OCCCO2. The molecule has 0 spiro atoms. The van der Waals surface area contributed by atoms with Crippen LogP contribution in [-0.4, -0.2) is 33.5 Å². The minimum absolute atomic E-state index is 0.574. The number of fused-ring (bicyclic) bond motifs is 1. The van der Waals surface area contributed by atoms with E-state index in [0.717, 1.165) is 29.4 Å². The number of aromatic nitrogens is 3. The zero-order chi connectivity index (χ0) is 14.7. The Morgan fingerprint density at radius 3 is 3.00 bits per heavy atom. The second-order valence-corrected chi connectivity index (χ2v) is 6.00. The van der Waals surface area contributed by atoms with E-state index in [9.17, 15) is 0 Å². The largest absolute Gasteiger partial charge is 0.489 e. The molecular formula is C14H15BrClN3O2. The van der Waals surface area contributed by atoms with Crippen molar-refractivity contribution in [3.05, 3.63) is 34.6 Å². The Balaban J connectivity index is 1.81. The fourth-order valence-corrected chi connectivity index (χ4v) is 2.88. The summed E-state index contributed by atoms with van der Waals surface area (Å²) in [4.78, 5) is 0. The zero-order valence-corrected chi connectivity index (χ0v) is 13.7. The Hall–Kier alpha value is -1.27. The van der Waals surface area contributed by atoms with Crippen molar-refractivity contribution in [3.8, 4) is 11.5 Å². The lowest BCUT2D eigenvalue weighted by Gasteiger charge is -2.11. The van der Waals surface area contributed by atoms with E-state index in [2.05, 4.69) is 26.2 Å². The molecule has 21 heavy (non-hydrogen) atoms. The first-order valence-electron chi connectivity index (χ1n) is 6.79. The molecule has 7 heteroatoms. The third-order valence-electron chi connectivity index (χ3n) is 3.14. The van der Waals surface area contributed by atoms with Crippen molar-refractivity contribution in [1.82, 2.24) is 15.0 Å². The quantitative estimate of drug-likeness (QED) is 0.774. The van der Waals surface area contributed by atoms with Gasteiger partial charge in [0.25, 0.3) is 0 Å². The van der Waals surface area contributed by atoms with Gasteiger partial charge in [-0.3, -0.25) is 0 Å². The van der Waals surface area contributed by atoms with Crippen LogP contribution in [0.25, 0.3) is 0 Å². The molecular weight excluding hydrogens is 358 g/mol. The van der Waals surface area contributed by atoms with E-state index < -0.39 is 0 Å². The van der Waals surface area contributed by atoms with Crippen LogP contribution in [-0.2, 0) is 13.0 Å². The second-order valence-electron chi connectivity index (χ2n) is 4.80. The summed E-state index contributed by atoms with van der Waals surface area (Å²) >= 11 is 9.68. The van der Waals surface area contributed by atoms with Gasteiger partial charge in [-0.1, -0.05) is 32.7 Å². The molecule has 0 amide bonds. The van der Waals surface area contributed by atoms with Gasteiger partial charge in [0.05, 0.1) is 30.5 Å². The van der Waals surface area contributed by atoms with E-state index in [-0.39, 0.29) is 0 Å². The highest BCUT2D eigenvalue weighted by atomic mass is 79.9. The lowest BCUT2D eigenvalue weighted by molar-refractivity contribution is 0.297. The molecule has 1 aromatic heterocycles. The smallest absolute Gasteiger partial charge is 0.179 e. The molecule has 0 saturated carbocycles. The Labute approximate surface area is 136 Å². The number of hydrogen-bond acceptors (Lipinski definition) is 4. The summed E-state index contributed by atoms with van der Waals surface area (Å²) in [6.45, 7) is 1.88. The molecule has 112 valence electrons. The lowest BCUT2D eigenvalue weighted by Crippen LogP contribution is -2.02. The van der Waals surface area contributed by atoms with Gasteiger partial charge in [-0.2, -0.15) is 0 Å². The molecule has 2 heterocycles. The third-order valence-corrected chi connectivity index (χ3v) is 3.82. The van der Waals surface area contributed by atoms with Gasteiger partial charge < -0.3 is 9.47 Å². The molecule has 0 atom stereocenters. The van der Waals surface area contributed by atoms with Gasteiger partial charge >= 0.3 is 0 Å². The molecule has 0 radical (unpaired) electrons. The van der Waals surface area contributed by atoms with Gasteiger partial charge in [0, 0.05) is 24.4 Å². The Bertz CT molecular complexity index is 633. The summed E-state index contributed by atoms with van der Waals surface area (Å²) < 4.78 is 13.1. The average molecular weight is 373 g/mol. The van der Waals surface area contributed by atoms with Crippen LogP contribution in [0.5, 0.6) is 11.5 Å². The third kappa shape index (κ3) is 3.49. The number of rotatable bonds is 4. The van der Waals surface area contributed by atoms with Crippen LogP contribution in [0, 0.1) is 0 Å². The van der Waals surface area contributed by atoms with Crippen LogP contribution in [0.2, 0.25) is 5.02 Å². The lowest BCUT2D eigenvalue weighted by atomic mass is 10.2. The highest BCUT2D eigenvalue weighted by Crippen LogP contribution is 2.38. The standard InChI is InChI=1S/C14H15BrClN3O2/c15-3-2-11-9-19(18-17-11)8-10-6-12(16)14-13(7-10)20-4-1-5-21-14/h6-7,9H,1-5,8H2. The van der Waals surface area contributed by atoms with E-state index in [4.69, 9.17) is 21.1 Å². The van der Waals surface area contributed by atoms with Crippen LogP contribution in [0.4, 0.5) is 0 Å². The van der Waals surface area contributed by atoms with Crippen molar-refractivity contribution in [2.24, 2.45) is 0 Å². The number of nitrogens with zero attached hydrogens (tertiary/aromatic N) is 3. The van der Waals surface area contributed by atoms with Gasteiger partial charge in [0.1, 0.15) is 0 Å². The summed E-state index contributed by atoms with van der Waals surface area (Å²) in [5, 5.41) is 9.69. The molecule has 0 aliphatic carbocycles. The maximum absolute atomic E-state index is 6.28. The molecule has 1 aliphatic heterocycles. The topological polar surface area (TPSA) is 49.2 Å². The Kier molecular flexibility index (Phi) is 4.65. The van der Waals surface area contributed by atoms with Crippen LogP contribution in [0.15, 0.2) is 18.3 Å². The first kappa shape index (κ1) is 14.7. The van der Waals surface area contributed by atoms with E-state index in [1.165, 1.54) is 0 Å². The van der Waals surface area contributed by atoms with Crippen molar-refractivity contribution in [2.75, 3.05) is 18.5 Å². The number of hydrogen-bond donors (Lipinski definition) is 0. The normalized spacial score (nSPS) is 14.0. The minimum Gasteiger partial charge on any atom is -0.489 e. The molecule has 0 unspecified atom stereocenters. The van der Waals surface area contributed by atoms with Gasteiger partial charge in [0.15, 0.2) is 11.5 Å². The molecule has 2 aromatic rings. The van der Waals surface area contributed by atoms with Crippen LogP contribution in [0.1, 0.15) is 17.7 Å². The van der Waals surface area contributed by atoms with E-state index in [0.29, 0.717) is 36.3 Å². The van der Waals surface area contributed by atoms with Crippen molar-refractivity contribution < 1.29 is 9.47 Å². The van der Waals surface area contributed by atoms with Crippen molar-refractivity contribution >= 4 is 27.5 Å². The molecule has 1 aromatic carbocycles.